The van der Waals surface area contributed by atoms with Crippen LogP contribution in [0, 0.1) is 0 Å². The Balaban J connectivity index is 2.27. The van der Waals surface area contributed by atoms with E-state index in [-0.39, 0.29) is 6.04 Å². The van der Waals surface area contributed by atoms with Crippen LogP contribution in [0.15, 0.2) is 30.6 Å². The molecule has 1 aromatic heterocycles. The monoisotopic (exact) mass is 307 g/mol. The number of ether oxygens (including phenoxy) is 1. The lowest BCUT2D eigenvalue weighted by Gasteiger charge is -2.20. The lowest BCUT2D eigenvalue weighted by atomic mass is 10.0. The van der Waals surface area contributed by atoms with Crippen LogP contribution in [0.25, 0.3) is 0 Å². The molecule has 0 radical (unpaired) electrons. The number of nitrogens with one attached hydrogen (secondary N) is 1. The Kier molecular flexibility index (Phi) is 5.65. The maximum atomic E-state index is 6.13. The largest absolute Gasteiger partial charge is 0.496 e. The lowest BCUT2D eigenvalue weighted by Crippen LogP contribution is -2.21. The number of hydrogen-bond donors (Lipinski definition) is 1. The third-order valence-electron chi connectivity index (χ3n) is 3.57. The molecule has 1 aromatic carbocycles. The average Bonchev–Trinajstić information content (AvgIpc) is 2.92. The van der Waals surface area contributed by atoms with Crippen LogP contribution in [0.1, 0.15) is 30.8 Å². The van der Waals surface area contributed by atoms with Crippen LogP contribution in [0.5, 0.6) is 5.75 Å². The second-order valence-corrected chi connectivity index (χ2v) is 5.40. The molecule has 114 valence electrons. The molecule has 4 nitrogen and oxygen atoms in total. The minimum absolute atomic E-state index is 0.108. The summed E-state index contributed by atoms with van der Waals surface area (Å²) in [7, 11) is 3.62. The molecule has 0 aliphatic carbocycles. The number of likely N-dealkylation sites (N-methyl/N-ethyl adjacent to an activating group) is 1. The third kappa shape index (κ3) is 3.77. The van der Waals surface area contributed by atoms with E-state index in [0.717, 1.165) is 36.5 Å². The standard InChI is InChI=1S/C16H22ClN3O/c1-4-8-20-9-7-19-16(20)11-14(18-2)13-10-12(17)5-6-15(13)21-3/h5-7,9-10,14,18H,4,8,11H2,1-3H3. The second kappa shape index (κ2) is 7.48. The molecular weight excluding hydrogens is 286 g/mol. The van der Waals surface area contributed by atoms with Crippen molar-refractivity contribution in [2.45, 2.75) is 32.4 Å². The van der Waals surface area contributed by atoms with Gasteiger partial charge in [0.2, 0.25) is 0 Å². The summed E-state index contributed by atoms with van der Waals surface area (Å²) in [5.41, 5.74) is 1.05. The van der Waals surface area contributed by atoms with Gasteiger partial charge in [-0.15, -0.1) is 0 Å². The minimum Gasteiger partial charge on any atom is -0.496 e. The Hall–Kier alpha value is -1.52. The smallest absolute Gasteiger partial charge is 0.123 e. The molecule has 1 atom stereocenters. The first-order chi connectivity index (χ1) is 10.2. The van der Waals surface area contributed by atoms with E-state index < -0.39 is 0 Å². The van der Waals surface area contributed by atoms with Crippen molar-refractivity contribution in [3.8, 4) is 5.75 Å². The molecule has 0 saturated heterocycles. The van der Waals surface area contributed by atoms with Gasteiger partial charge >= 0.3 is 0 Å². The molecule has 0 aliphatic heterocycles. The van der Waals surface area contributed by atoms with E-state index in [2.05, 4.69) is 21.8 Å². The molecule has 21 heavy (non-hydrogen) atoms. The number of nitrogens with zero attached hydrogens (tertiary/aromatic N) is 2. The highest BCUT2D eigenvalue weighted by molar-refractivity contribution is 6.30. The first-order valence-corrected chi connectivity index (χ1v) is 7.58. The zero-order valence-electron chi connectivity index (χ0n) is 12.8. The molecule has 2 aromatic rings. The summed E-state index contributed by atoms with van der Waals surface area (Å²) < 4.78 is 7.65. The van der Waals surface area contributed by atoms with Crippen LogP contribution in [-0.4, -0.2) is 23.7 Å². The Morgan fingerprint density at radius 3 is 2.90 bits per heavy atom. The highest BCUT2D eigenvalue weighted by atomic mass is 35.5. The highest BCUT2D eigenvalue weighted by Crippen LogP contribution is 2.30. The van der Waals surface area contributed by atoms with E-state index in [9.17, 15) is 0 Å². The van der Waals surface area contributed by atoms with Crippen molar-refractivity contribution in [2.24, 2.45) is 0 Å². The van der Waals surface area contributed by atoms with Crippen LogP contribution in [-0.2, 0) is 13.0 Å². The predicted octanol–water partition coefficient (Wildman–Crippen LogP) is 3.46. The molecule has 1 unspecified atom stereocenters. The van der Waals surface area contributed by atoms with Crippen molar-refractivity contribution >= 4 is 11.6 Å². The van der Waals surface area contributed by atoms with Crippen LogP contribution in [0.3, 0.4) is 0 Å². The van der Waals surface area contributed by atoms with Crippen molar-refractivity contribution in [3.05, 3.63) is 47.0 Å². The normalized spacial score (nSPS) is 12.4. The molecule has 5 heteroatoms. The van der Waals surface area contributed by atoms with Crippen LogP contribution >= 0.6 is 11.6 Å². The first-order valence-electron chi connectivity index (χ1n) is 7.20. The quantitative estimate of drug-likeness (QED) is 0.851. The van der Waals surface area contributed by atoms with Crippen molar-refractivity contribution in [2.75, 3.05) is 14.2 Å². The van der Waals surface area contributed by atoms with Gasteiger partial charge in [0.1, 0.15) is 11.6 Å². The molecule has 0 aliphatic rings. The van der Waals surface area contributed by atoms with Gasteiger partial charge < -0.3 is 14.6 Å². The first kappa shape index (κ1) is 15.9. The Labute approximate surface area is 131 Å². The molecular formula is C16H22ClN3O. The minimum atomic E-state index is 0.108. The zero-order chi connectivity index (χ0) is 15.2. The summed E-state index contributed by atoms with van der Waals surface area (Å²) in [4.78, 5) is 4.48. The van der Waals surface area contributed by atoms with Gasteiger partial charge in [0.25, 0.3) is 0 Å². The van der Waals surface area contributed by atoms with Gasteiger partial charge in [0, 0.05) is 42.0 Å². The number of hydrogen-bond acceptors (Lipinski definition) is 3. The van der Waals surface area contributed by atoms with Gasteiger partial charge in [0.15, 0.2) is 0 Å². The maximum Gasteiger partial charge on any atom is 0.123 e. The van der Waals surface area contributed by atoms with Gasteiger partial charge in [-0.25, -0.2) is 4.98 Å². The van der Waals surface area contributed by atoms with Crippen LogP contribution < -0.4 is 10.1 Å². The van der Waals surface area contributed by atoms with Gasteiger partial charge in [-0.2, -0.15) is 0 Å². The number of rotatable bonds is 7. The molecule has 1 heterocycles. The Morgan fingerprint density at radius 1 is 1.43 bits per heavy atom. The SMILES string of the molecule is CCCn1ccnc1CC(NC)c1cc(Cl)ccc1OC. The fraction of sp³-hybridized carbons (Fsp3) is 0.438. The van der Waals surface area contributed by atoms with Gasteiger partial charge in [0.05, 0.1) is 7.11 Å². The summed E-state index contributed by atoms with van der Waals surface area (Å²) in [5.74, 6) is 1.91. The maximum absolute atomic E-state index is 6.13. The van der Waals surface area contributed by atoms with Gasteiger partial charge in [-0.1, -0.05) is 18.5 Å². The molecule has 2 rings (SSSR count). The molecule has 0 saturated carbocycles. The summed E-state index contributed by atoms with van der Waals surface area (Å²) in [6.07, 6.45) is 5.77. The number of imidazole rings is 1. The Bertz CT molecular complexity index is 583. The van der Waals surface area contributed by atoms with Gasteiger partial charge in [-0.3, -0.25) is 0 Å². The van der Waals surface area contributed by atoms with E-state index in [1.165, 1.54) is 0 Å². The molecule has 0 amide bonds. The number of methoxy groups -OCH3 is 1. The number of halogens is 1. The third-order valence-corrected chi connectivity index (χ3v) is 3.80. The number of benzene rings is 1. The lowest BCUT2D eigenvalue weighted by molar-refractivity contribution is 0.400. The molecule has 0 spiro atoms. The number of aryl methyl sites for hydroxylation is 1. The molecule has 1 N–H and O–H groups in total. The van der Waals surface area contributed by atoms with Crippen molar-refractivity contribution in [3.63, 3.8) is 0 Å². The van der Waals surface area contributed by atoms with E-state index >= 15 is 0 Å². The van der Waals surface area contributed by atoms with E-state index in [0.29, 0.717) is 5.02 Å². The molecule has 0 bridgehead atoms. The molecule has 0 fully saturated rings. The fourth-order valence-corrected chi connectivity index (χ4v) is 2.68. The topological polar surface area (TPSA) is 39.1 Å². The van der Waals surface area contributed by atoms with Crippen molar-refractivity contribution < 1.29 is 4.74 Å². The highest BCUT2D eigenvalue weighted by Gasteiger charge is 2.18. The summed E-state index contributed by atoms with van der Waals surface area (Å²) in [6, 6.07) is 5.81. The van der Waals surface area contributed by atoms with Gasteiger partial charge in [-0.05, 0) is 31.7 Å². The van der Waals surface area contributed by atoms with Crippen molar-refractivity contribution in [1.29, 1.82) is 0 Å². The zero-order valence-corrected chi connectivity index (χ0v) is 13.5. The summed E-state index contributed by atoms with van der Waals surface area (Å²) in [6.45, 7) is 3.15. The summed E-state index contributed by atoms with van der Waals surface area (Å²) in [5, 5.41) is 4.05. The van der Waals surface area contributed by atoms with E-state index in [1.54, 1.807) is 7.11 Å². The van der Waals surface area contributed by atoms with Crippen LogP contribution in [0.4, 0.5) is 0 Å². The van der Waals surface area contributed by atoms with Crippen molar-refractivity contribution in [1.82, 2.24) is 14.9 Å². The predicted molar refractivity (Wildman–Crippen MR) is 86.0 cm³/mol. The Morgan fingerprint density at radius 2 is 2.24 bits per heavy atom. The second-order valence-electron chi connectivity index (χ2n) is 4.97. The fourth-order valence-electron chi connectivity index (χ4n) is 2.50. The average molecular weight is 308 g/mol. The number of aromatic nitrogens is 2. The van der Waals surface area contributed by atoms with Crippen LogP contribution in [0.2, 0.25) is 5.02 Å². The van der Waals surface area contributed by atoms with E-state index in [4.69, 9.17) is 16.3 Å². The van der Waals surface area contributed by atoms with E-state index in [1.807, 2.05) is 37.6 Å². The summed E-state index contributed by atoms with van der Waals surface area (Å²) >= 11 is 6.13.